The number of nitrogens with zero attached hydrogens (tertiary/aromatic N) is 2. The number of hydrogen-bond acceptors (Lipinski definition) is 10. The molecule has 2 aliphatic rings. The molecule has 2 aromatic carbocycles. The van der Waals surface area contributed by atoms with Gasteiger partial charge in [0.1, 0.15) is 13.2 Å². The normalized spacial score (nSPS) is 19.5. The number of ether oxygens (including phenoxy) is 4. The van der Waals surface area contributed by atoms with E-state index in [-0.39, 0.29) is 60.7 Å². The lowest BCUT2D eigenvalue weighted by molar-refractivity contribution is -0.276. The van der Waals surface area contributed by atoms with Crippen LogP contribution >= 0.6 is 0 Å². The Bertz CT molecular complexity index is 1900. The molecule has 6 rings (SSSR count). The monoisotopic (exact) mass is 874 g/mol. The van der Waals surface area contributed by atoms with Crippen molar-refractivity contribution < 1.29 is 54.9 Å². The summed E-state index contributed by atoms with van der Waals surface area (Å²) in [6.07, 6.45) is -5.60. The molecule has 4 aromatic rings. The predicted molar refractivity (Wildman–Crippen MR) is 218 cm³/mol. The van der Waals surface area contributed by atoms with Gasteiger partial charge in [-0.15, -0.1) is 26.3 Å². The van der Waals surface area contributed by atoms with E-state index in [1.807, 2.05) is 60.7 Å². The number of pyridine rings is 2. The van der Waals surface area contributed by atoms with Crippen molar-refractivity contribution in [3.8, 4) is 23.3 Å². The van der Waals surface area contributed by atoms with Crippen LogP contribution in [-0.2, 0) is 9.59 Å². The molecule has 4 heterocycles. The maximum Gasteiger partial charge on any atom is 0.573 e. The second-order valence-corrected chi connectivity index (χ2v) is 16.2. The standard InChI is InChI=1S/2C22H26F3N3O3/c2*1-21(2,14-30-19-18(9-6-11-27-19)31-22(23,24)25)20(29)28-17-10-12-26-13-16(17)15-7-4-3-5-8-15/h2*3-9,11,16-17,26H,10,12-14H2,1-2H3,(H,28,29)/t2*16-,17-/m10/s1. The van der Waals surface area contributed by atoms with Gasteiger partial charge < -0.3 is 40.2 Å². The molecule has 0 aliphatic carbocycles. The number of nitrogens with one attached hydrogen (secondary N) is 4. The van der Waals surface area contributed by atoms with Gasteiger partial charge in [-0.05, 0) is 89.0 Å². The van der Waals surface area contributed by atoms with Crippen LogP contribution in [0, 0.1) is 10.8 Å². The van der Waals surface area contributed by atoms with Gasteiger partial charge in [0.2, 0.25) is 11.8 Å². The summed E-state index contributed by atoms with van der Waals surface area (Å²) in [5.74, 6) is -1.96. The quantitative estimate of drug-likeness (QED) is 0.0954. The van der Waals surface area contributed by atoms with Crippen LogP contribution in [0.2, 0.25) is 0 Å². The second-order valence-electron chi connectivity index (χ2n) is 16.2. The summed E-state index contributed by atoms with van der Waals surface area (Å²) in [7, 11) is 0. The van der Waals surface area contributed by atoms with Gasteiger partial charge in [0, 0.05) is 49.4 Å². The fourth-order valence-corrected chi connectivity index (χ4v) is 6.89. The molecule has 0 unspecified atom stereocenters. The highest BCUT2D eigenvalue weighted by Gasteiger charge is 2.38. The first-order valence-electron chi connectivity index (χ1n) is 20.1. The van der Waals surface area contributed by atoms with Crippen LogP contribution in [0.5, 0.6) is 23.3 Å². The Kier molecular flexibility index (Phi) is 16.0. The highest BCUT2D eigenvalue weighted by molar-refractivity contribution is 5.83. The lowest BCUT2D eigenvalue weighted by Gasteiger charge is -2.35. The summed E-state index contributed by atoms with van der Waals surface area (Å²) in [5.41, 5.74) is 0.270. The van der Waals surface area contributed by atoms with Gasteiger partial charge in [0.25, 0.3) is 11.8 Å². The molecule has 4 atom stereocenters. The molecule has 2 aliphatic heterocycles. The topological polar surface area (TPSA) is 145 Å². The van der Waals surface area contributed by atoms with Gasteiger partial charge >= 0.3 is 12.7 Å². The molecule has 4 N–H and O–H groups in total. The van der Waals surface area contributed by atoms with Crippen LogP contribution in [0.3, 0.4) is 0 Å². The minimum Gasteiger partial charge on any atom is -0.474 e. The number of carbonyl (C=O) groups is 2. The van der Waals surface area contributed by atoms with Crippen molar-refractivity contribution in [3.05, 3.63) is 108 Å². The van der Waals surface area contributed by atoms with Crippen LogP contribution in [0.1, 0.15) is 63.5 Å². The summed E-state index contributed by atoms with van der Waals surface area (Å²) in [6, 6.07) is 24.6. The fraction of sp³-hybridized carbons (Fsp3) is 0.455. The molecule has 0 bridgehead atoms. The first kappa shape index (κ1) is 47.4. The average molecular weight is 875 g/mol. The number of halogens is 6. The Morgan fingerprint density at radius 1 is 0.597 bits per heavy atom. The Morgan fingerprint density at radius 2 is 0.968 bits per heavy atom. The van der Waals surface area contributed by atoms with Crippen molar-refractivity contribution in [2.24, 2.45) is 10.8 Å². The molecule has 2 aromatic heterocycles. The zero-order valence-corrected chi connectivity index (χ0v) is 34.8. The van der Waals surface area contributed by atoms with Crippen LogP contribution < -0.4 is 40.2 Å². The van der Waals surface area contributed by atoms with Crippen LogP contribution in [-0.4, -0.2) is 86.0 Å². The fourth-order valence-electron chi connectivity index (χ4n) is 6.89. The minimum atomic E-state index is -4.87. The first-order valence-corrected chi connectivity index (χ1v) is 20.1. The van der Waals surface area contributed by atoms with Crippen molar-refractivity contribution >= 4 is 11.8 Å². The van der Waals surface area contributed by atoms with Crippen molar-refractivity contribution in [1.29, 1.82) is 0 Å². The van der Waals surface area contributed by atoms with Gasteiger partial charge in [0.05, 0.1) is 10.8 Å². The summed E-state index contributed by atoms with van der Waals surface area (Å²) >= 11 is 0. The van der Waals surface area contributed by atoms with E-state index in [1.54, 1.807) is 27.7 Å². The van der Waals surface area contributed by atoms with Crippen LogP contribution in [0.15, 0.2) is 97.3 Å². The lowest BCUT2D eigenvalue weighted by atomic mass is 9.85. The number of amides is 2. The first-order chi connectivity index (χ1) is 29.3. The van der Waals surface area contributed by atoms with Gasteiger partial charge in [0.15, 0.2) is 11.5 Å². The van der Waals surface area contributed by atoms with Crippen molar-refractivity contribution in [3.63, 3.8) is 0 Å². The zero-order chi connectivity index (χ0) is 45.0. The molecule has 18 heteroatoms. The van der Waals surface area contributed by atoms with Gasteiger partial charge in [-0.2, -0.15) is 0 Å². The highest BCUT2D eigenvalue weighted by Crippen LogP contribution is 2.34. The van der Waals surface area contributed by atoms with E-state index in [4.69, 9.17) is 9.47 Å². The number of alkyl halides is 6. The lowest BCUT2D eigenvalue weighted by Crippen LogP contribution is -2.52. The third-order valence-corrected chi connectivity index (χ3v) is 10.3. The van der Waals surface area contributed by atoms with Gasteiger partial charge in [-0.1, -0.05) is 60.7 Å². The number of carbonyl (C=O) groups excluding carboxylic acids is 2. The van der Waals surface area contributed by atoms with Crippen LogP contribution in [0.4, 0.5) is 26.3 Å². The van der Waals surface area contributed by atoms with E-state index in [9.17, 15) is 35.9 Å². The Balaban J connectivity index is 0.000000234. The maximum atomic E-state index is 13.0. The van der Waals surface area contributed by atoms with Crippen molar-refractivity contribution in [2.45, 2.75) is 77.2 Å². The van der Waals surface area contributed by atoms with E-state index in [0.717, 1.165) is 62.3 Å². The van der Waals surface area contributed by atoms with E-state index < -0.39 is 35.1 Å². The molecule has 0 radical (unpaired) electrons. The molecule has 336 valence electrons. The number of rotatable bonds is 14. The van der Waals surface area contributed by atoms with Gasteiger partial charge in [-0.3, -0.25) is 9.59 Å². The third kappa shape index (κ3) is 14.2. The molecular formula is C44H52F6N6O6. The zero-order valence-electron chi connectivity index (χ0n) is 34.8. The summed E-state index contributed by atoms with van der Waals surface area (Å²) < 4.78 is 94.3. The summed E-state index contributed by atoms with van der Waals surface area (Å²) in [6.45, 7) is 9.45. The largest absolute Gasteiger partial charge is 0.573 e. The Hall–Kier alpha value is -5.62. The second kappa shape index (κ2) is 21.0. The highest BCUT2D eigenvalue weighted by atomic mass is 19.4. The molecule has 2 amide bonds. The molecule has 0 saturated carbocycles. The number of benzene rings is 2. The maximum absolute atomic E-state index is 13.0. The summed E-state index contributed by atoms with van der Waals surface area (Å²) in [4.78, 5) is 33.6. The molecule has 0 spiro atoms. The van der Waals surface area contributed by atoms with E-state index in [0.29, 0.717) is 0 Å². The number of hydrogen-bond donors (Lipinski definition) is 4. The predicted octanol–water partition coefficient (Wildman–Crippen LogP) is 7.29. The molecule has 2 saturated heterocycles. The number of piperidine rings is 2. The van der Waals surface area contributed by atoms with E-state index in [2.05, 4.69) is 40.7 Å². The number of aromatic nitrogens is 2. The molecular weight excluding hydrogens is 823 g/mol. The van der Waals surface area contributed by atoms with E-state index in [1.165, 1.54) is 24.5 Å². The smallest absolute Gasteiger partial charge is 0.474 e. The Morgan fingerprint density at radius 3 is 1.32 bits per heavy atom. The molecule has 12 nitrogen and oxygen atoms in total. The van der Waals surface area contributed by atoms with Crippen molar-refractivity contribution in [1.82, 2.24) is 31.2 Å². The minimum absolute atomic E-state index is 0.0607. The Labute approximate surface area is 356 Å². The molecule has 2 fully saturated rings. The van der Waals surface area contributed by atoms with Crippen molar-refractivity contribution in [2.75, 3.05) is 39.4 Å². The molecule has 62 heavy (non-hydrogen) atoms. The average Bonchev–Trinajstić information content (AvgIpc) is 3.23. The van der Waals surface area contributed by atoms with Gasteiger partial charge in [-0.25, -0.2) is 9.97 Å². The SMILES string of the molecule is CC(C)(COc1ncccc1OC(F)(F)F)C(=O)N[C@@H]1CCNC[C@@H]1c1ccccc1.CC(C)(COc1ncccc1OC(F)(F)F)C(=O)N[C@H]1CCNC[C@H]1c1ccccc1. The van der Waals surface area contributed by atoms with E-state index >= 15 is 0 Å². The third-order valence-electron chi connectivity index (χ3n) is 10.3. The van der Waals surface area contributed by atoms with Crippen LogP contribution in [0.25, 0.3) is 0 Å². The summed E-state index contributed by atoms with van der Waals surface area (Å²) in [5, 5.41) is 12.9.